The first kappa shape index (κ1) is 16.1. The van der Waals surface area contributed by atoms with Crippen molar-refractivity contribution in [2.45, 2.75) is 24.1 Å². The maximum Gasteiger partial charge on any atom is 0.351 e. The van der Waals surface area contributed by atoms with Crippen molar-refractivity contribution in [2.75, 3.05) is 18.9 Å². The van der Waals surface area contributed by atoms with Gasteiger partial charge in [0, 0.05) is 4.91 Å². The van der Waals surface area contributed by atoms with Crippen LogP contribution in [0.2, 0.25) is 0 Å². The fraction of sp³-hybridized carbons (Fsp3) is 0.600. The molecule has 0 amide bonds. The Morgan fingerprint density at radius 3 is 2.95 bits per heavy atom. The minimum Gasteiger partial charge on any atom is -0.393 e. The van der Waals surface area contributed by atoms with Crippen LogP contribution in [0.3, 0.4) is 0 Å². The highest BCUT2D eigenvalue weighted by molar-refractivity contribution is 5.26. The van der Waals surface area contributed by atoms with Gasteiger partial charge in [-0.2, -0.15) is 4.98 Å². The average molecular weight is 318 g/mol. The molecule has 2 heterocycles. The van der Waals surface area contributed by atoms with Crippen LogP contribution in [0.15, 0.2) is 16.1 Å². The van der Waals surface area contributed by atoms with E-state index < -0.39 is 54.6 Å². The number of halogens is 2. The van der Waals surface area contributed by atoms with Crippen LogP contribution < -0.4 is 11.4 Å². The van der Waals surface area contributed by atoms with Gasteiger partial charge in [0.25, 0.3) is 0 Å². The molecule has 22 heavy (non-hydrogen) atoms. The van der Waals surface area contributed by atoms with Gasteiger partial charge in [0.2, 0.25) is 0 Å². The van der Waals surface area contributed by atoms with Crippen LogP contribution in [0.5, 0.6) is 0 Å². The van der Waals surface area contributed by atoms with Gasteiger partial charge in [-0.15, -0.1) is 0 Å². The summed E-state index contributed by atoms with van der Waals surface area (Å²) in [7, 11) is 0. The summed E-state index contributed by atoms with van der Waals surface area (Å²) in [6.07, 6.45) is -5.27. The summed E-state index contributed by atoms with van der Waals surface area (Å²) in [5, 5.41) is 22.4. The van der Waals surface area contributed by atoms with Crippen LogP contribution in [0, 0.1) is 5.82 Å². The molecular weight excluding hydrogens is 306 g/mol. The number of alkyl halides is 1. The first-order valence-electron chi connectivity index (χ1n) is 6.02. The van der Waals surface area contributed by atoms with Crippen LogP contribution in [0.1, 0.15) is 6.23 Å². The largest absolute Gasteiger partial charge is 0.393 e. The lowest BCUT2D eigenvalue weighted by Gasteiger charge is -2.27. The summed E-state index contributed by atoms with van der Waals surface area (Å²) in [5.41, 5.74) is 10.4. The zero-order valence-corrected chi connectivity index (χ0v) is 11.0. The van der Waals surface area contributed by atoms with Crippen molar-refractivity contribution < 1.29 is 23.7 Å². The summed E-state index contributed by atoms with van der Waals surface area (Å²) in [4.78, 5) is 17.3. The van der Waals surface area contributed by atoms with Crippen molar-refractivity contribution in [3.05, 3.63) is 32.9 Å². The van der Waals surface area contributed by atoms with Crippen molar-refractivity contribution in [3.8, 4) is 0 Å². The third kappa shape index (κ3) is 2.48. The van der Waals surface area contributed by atoms with Gasteiger partial charge in [0.05, 0.1) is 19.3 Å². The molecule has 0 radical (unpaired) electrons. The second kappa shape index (κ2) is 5.85. The summed E-state index contributed by atoms with van der Waals surface area (Å²) in [6.45, 7) is -1.47. The van der Waals surface area contributed by atoms with Gasteiger partial charge in [-0.1, -0.05) is 5.11 Å². The van der Waals surface area contributed by atoms with Gasteiger partial charge in [0.15, 0.2) is 24.0 Å². The number of azide groups is 1. The first-order chi connectivity index (χ1) is 10.4. The summed E-state index contributed by atoms with van der Waals surface area (Å²) in [5.74, 6) is -1.75. The zero-order chi connectivity index (χ0) is 16.5. The standard InChI is InChI=1S/C10H12F2N6O4/c11-4-1-18(9(21)16-7(4)13)8-5(12)6(20)10(3-19,22-8)2-15-17-14/h1,5-6,8,19-20H,2-3H2,(H2,13,16,21)/t5-,6+,8-,10-/m1/s1. The molecule has 0 aromatic carbocycles. The monoisotopic (exact) mass is 318 g/mol. The molecule has 0 spiro atoms. The van der Waals surface area contributed by atoms with Crippen molar-refractivity contribution in [1.29, 1.82) is 0 Å². The maximum absolute atomic E-state index is 14.2. The molecule has 0 unspecified atom stereocenters. The Labute approximate surface area is 121 Å². The molecule has 1 aliphatic rings. The average Bonchev–Trinajstić information content (AvgIpc) is 2.74. The van der Waals surface area contributed by atoms with E-state index in [9.17, 15) is 23.8 Å². The number of hydrogen-bond acceptors (Lipinski definition) is 7. The third-order valence-electron chi connectivity index (χ3n) is 3.35. The predicted octanol–water partition coefficient (Wildman–Crippen LogP) is -0.766. The summed E-state index contributed by atoms with van der Waals surface area (Å²) in [6, 6.07) is 0. The van der Waals surface area contributed by atoms with Crippen LogP contribution in [0.4, 0.5) is 14.6 Å². The van der Waals surface area contributed by atoms with E-state index in [1.807, 2.05) is 0 Å². The molecule has 0 saturated carbocycles. The molecule has 1 aliphatic heterocycles. The van der Waals surface area contributed by atoms with Crippen LogP contribution in [-0.2, 0) is 4.74 Å². The number of rotatable bonds is 4. The van der Waals surface area contributed by atoms with Gasteiger partial charge >= 0.3 is 5.69 Å². The third-order valence-corrected chi connectivity index (χ3v) is 3.35. The number of nitrogens with two attached hydrogens (primary N) is 1. The molecule has 10 nitrogen and oxygen atoms in total. The molecular formula is C10H12F2N6O4. The highest BCUT2D eigenvalue weighted by atomic mass is 19.1. The molecule has 12 heteroatoms. The molecule has 4 atom stereocenters. The topological polar surface area (TPSA) is 159 Å². The zero-order valence-electron chi connectivity index (χ0n) is 11.0. The van der Waals surface area contributed by atoms with E-state index in [4.69, 9.17) is 16.0 Å². The number of aromatic nitrogens is 2. The predicted molar refractivity (Wildman–Crippen MR) is 67.7 cm³/mol. The van der Waals surface area contributed by atoms with Crippen molar-refractivity contribution in [1.82, 2.24) is 9.55 Å². The van der Waals surface area contributed by atoms with E-state index in [2.05, 4.69) is 15.0 Å². The van der Waals surface area contributed by atoms with E-state index in [1.165, 1.54) is 0 Å². The lowest BCUT2D eigenvalue weighted by atomic mass is 9.97. The van der Waals surface area contributed by atoms with Gasteiger partial charge in [0.1, 0.15) is 11.7 Å². The van der Waals surface area contributed by atoms with Crippen LogP contribution >= 0.6 is 0 Å². The lowest BCUT2D eigenvalue weighted by Crippen LogP contribution is -2.48. The Hall–Kier alpha value is -2.27. The van der Waals surface area contributed by atoms with Gasteiger partial charge in [-0.25, -0.2) is 13.6 Å². The molecule has 1 aromatic heterocycles. The minimum atomic E-state index is -2.19. The molecule has 1 aromatic rings. The van der Waals surface area contributed by atoms with Crippen molar-refractivity contribution >= 4 is 5.82 Å². The lowest BCUT2D eigenvalue weighted by molar-refractivity contribution is -0.122. The Morgan fingerprint density at radius 1 is 1.68 bits per heavy atom. The Kier molecular flexibility index (Phi) is 4.28. The molecule has 0 aliphatic carbocycles. The Morgan fingerprint density at radius 2 is 2.36 bits per heavy atom. The normalized spacial score (nSPS) is 31.0. The SMILES string of the molecule is [N-]=[N+]=NC[C@]1(CO)O[C@@H](n2cc(F)c(N)nc2=O)[C@H](F)[C@@H]1O. The van der Waals surface area contributed by atoms with Gasteiger partial charge < -0.3 is 20.7 Å². The Bertz CT molecular complexity index is 678. The quantitative estimate of drug-likeness (QED) is 0.375. The first-order valence-corrected chi connectivity index (χ1v) is 6.02. The molecule has 0 bridgehead atoms. The van der Waals surface area contributed by atoms with Crippen LogP contribution in [-0.4, -0.2) is 50.8 Å². The fourth-order valence-electron chi connectivity index (χ4n) is 2.13. The molecule has 1 fully saturated rings. The number of anilines is 1. The summed E-state index contributed by atoms with van der Waals surface area (Å²) < 4.78 is 33.3. The number of nitrogens with zero attached hydrogens (tertiary/aromatic N) is 5. The van der Waals surface area contributed by atoms with E-state index in [0.717, 1.165) is 0 Å². The molecule has 4 N–H and O–H groups in total. The Balaban J connectivity index is 2.44. The van der Waals surface area contributed by atoms with E-state index in [-0.39, 0.29) is 0 Å². The minimum absolute atomic E-state index is 0.465. The van der Waals surface area contributed by atoms with Crippen molar-refractivity contribution in [3.63, 3.8) is 0 Å². The van der Waals surface area contributed by atoms with E-state index in [0.29, 0.717) is 10.8 Å². The highest BCUT2D eigenvalue weighted by Crippen LogP contribution is 2.38. The van der Waals surface area contributed by atoms with Gasteiger partial charge in [-0.3, -0.25) is 4.57 Å². The number of nitrogen functional groups attached to an aromatic ring is 1. The molecule has 2 rings (SSSR count). The molecule has 120 valence electrons. The number of ether oxygens (including phenoxy) is 1. The number of hydrogen-bond donors (Lipinski definition) is 3. The fourth-order valence-corrected chi connectivity index (χ4v) is 2.13. The van der Waals surface area contributed by atoms with E-state index in [1.54, 1.807) is 0 Å². The highest BCUT2D eigenvalue weighted by Gasteiger charge is 2.55. The van der Waals surface area contributed by atoms with Gasteiger partial charge in [-0.05, 0) is 5.53 Å². The van der Waals surface area contributed by atoms with E-state index >= 15 is 0 Å². The number of aliphatic hydroxyl groups excluding tert-OH is 2. The van der Waals surface area contributed by atoms with Crippen molar-refractivity contribution in [2.24, 2.45) is 5.11 Å². The second-order valence-electron chi connectivity index (χ2n) is 4.67. The smallest absolute Gasteiger partial charge is 0.351 e. The molecule has 1 saturated heterocycles. The maximum atomic E-state index is 14.2. The van der Waals surface area contributed by atoms with Crippen LogP contribution in [0.25, 0.3) is 10.4 Å². The summed E-state index contributed by atoms with van der Waals surface area (Å²) >= 11 is 0. The second-order valence-corrected chi connectivity index (χ2v) is 4.67. The number of aliphatic hydroxyl groups is 2.